The van der Waals surface area contributed by atoms with Crippen LogP contribution in [0.25, 0.3) is 0 Å². The van der Waals surface area contributed by atoms with E-state index in [0.29, 0.717) is 0 Å². The molecule has 0 saturated carbocycles. The van der Waals surface area contributed by atoms with Crippen LogP contribution in [0.4, 0.5) is 0 Å². The average molecular weight is 271 g/mol. The molecule has 2 nitrogen and oxygen atoms in total. The van der Waals surface area contributed by atoms with Gasteiger partial charge >= 0.3 is 0 Å². The molecule has 2 heterocycles. The number of likely N-dealkylation sites (tertiary alicyclic amines) is 2. The summed E-state index contributed by atoms with van der Waals surface area (Å²) in [6.45, 7) is 13.9. The van der Waals surface area contributed by atoms with Gasteiger partial charge in [0, 0.05) is 6.04 Å². The molecule has 0 unspecified atom stereocenters. The maximum absolute atomic E-state index is 2.56. The third-order valence-electron chi connectivity index (χ3n) is 3.95. The lowest BCUT2D eigenvalue weighted by Crippen LogP contribution is -2.35. The molecule has 0 atom stereocenters. The van der Waals surface area contributed by atoms with E-state index in [-0.39, 0.29) is 0 Å². The maximum atomic E-state index is 2.56. The van der Waals surface area contributed by atoms with Gasteiger partial charge in [-0.25, -0.2) is 0 Å². The van der Waals surface area contributed by atoms with Crippen molar-refractivity contribution >= 4 is 0 Å². The van der Waals surface area contributed by atoms with E-state index in [0.717, 1.165) is 6.04 Å². The number of nitrogens with zero attached hydrogens (tertiary/aromatic N) is 2. The molecule has 2 rings (SSSR count). The fourth-order valence-electron chi connectivity index (χ4n) is 2.66. The van der Waals surface area contributed by atoms with E-state index < -0.39 is 0 Å². The second kappa shape index (κ2) is 12.9. The summed E-state index contributed by atoms with van der Waals surface area (Å²) in [7, 11) is 2.21. The van der Waals surface area contributed by atoms with Gasteiger partial charge in [-0.15, -0.1) is 0 Å². The number of piperidine rings is 1. The highest BCUT2D eigenvalue weighted by atomic mass is 15.1. The lowest BCUT2D eigenvalue weighted by atomic mass is 10.1. The first-order valence-corrected chi connectivity index (χ1v) is 8.63. The standard InChI is InChI=1S/C8H17N.C7H15N.C2H6/c1-8(2)9-6-4-3-5-7-9;1-8-6-4-2-3-5-7-8;1-2/h8H,3-7H2,1-2H3;2-7H2,1H3;1-2H3. The van der Waals surface area contributed by atoms with E-state index in [1.54, 1.807) is 0 Å². The second-order valence-electron chi connectivity index (χ2n) is 5.91. The maximum Gasteiger partial charge on any atom is 0.00385 e. The van der Waals surface area contributed by atoms with E-state index in [9.17, 15) is 0 Å². The van der Waals surface area contributed by atoms with Gasteiger partial charge in [0.1, 0.15) is 0 Å². The lowest BCUT2D eigenvalue weighted by molar-refractivity contribution is 0.185. The Morgan fingerprint density at radius 2 is 1.00 bits per heavy atom. The van der Waals surface area contributed by atoms with Gasteiger partial charge in [0.15, 0.2) is 0 Å². The Bertz CT molecular complexity index is 166. The van der Waals surface area contributed by atoms with Crippen LogP contribution in [0, 0.1) is 0 Å². The van der Waals surface area contributed by atoms with E-state index in [1.807, 2.05) is 13.8 Å². The van der Waals surface area contributed by atoms with E-state index >= 15 is 0 Å². The van der Waals surface area contributed by atoms with E-state index in [4.69, 9.17) is 0 Å². The monoisotopic (exact) mass is 270 g/mol. The van der Waals surface area contributed by atoms with Crippen LogP contribution in [0.5, 0.6) is 0 Å². The van der Waals surface area contributed by atoms with Crippen molar-refractivity contribution < 1.29 is 0 Å². The fraction of sp³-hybridized carbons (Fsp3) is 1.00. The van der Waals surface area contributed by atoms with Crippen LogP contribution in [0.2, 0.25) is 0 Å². The summed E-state index contributed by atoms with van der Waals surface area (Å²) in [6.07, 6.45) is 10.0. The van der Waals surface area contributed by atoms with Crippen molar-refractivity contribution in [3.8, 4) is 0 Å². The molecule has 2 fully saturated rings. The molecule has 0 aromatic carbocycles. The normalized spacial score (nSPS) is 21.8. The van der Waals surface area contributed by atoms with E-state index in [2.05, 4.69) is 30.7 Å². The SMILES string of the molecule is CC.CC(C)N1CCCCC1.CN1CCCCCC1. The van der Waals surface area contributed by atoms with Crippen LogP contribution in [-0.2, 0) is 0 Å². The molecule has 0 amide bonds. The van der Waals surface area contributed by atoms with Gasteiger partial charge in [0.05, 0.1) is 0 Å². The topological polar surface area (TPSA) is 6.48 Å². The summed E-state index contributed by atoms with van der Waals surface area (Å²) in [6, 6.07) is 0.769. The highest BCUT2D eigenvalue weighted by Crippen LogP contribution is 2.10. The Balaban J connectivity index is 0.000000303. The van der Waals surface area contributed by atoms with Gasteiger partial charge in [-0.3, -0.25) is 0 Å². The molecule has 0 N–H and O–H groups in total. The van der Waals surface area contributed by atoms with Crippen molar-refractivity contribution in [3.63, 3.8) is 0 Å². The molecule has 0 aromatic heterocycles. The lowest BCUT2D eigenvalue weighted by Gasteiger charge is -2.29. The predicted molar refractivity (Wildman–Crippen MR) is 87.9 cm³/mol. The molecule has 2 heteroatoms. The zero-order chi connectivity index (χ0) is 14.5. The summed E-state index contributed by atoms with van der Waals surface area (Å²) in [5, 5.41) is 0. The quantitative estimate of drug-likeness (QED) is 0.697. The van der Waals surface area contributed by atoms with Gasteiger partial charge < -0.3 is 9.80 Å². The van der Waals surface area contributed by atoms with Crippen LogP contribution in [-0.4, -0.2) is 49.1 Å². The van der Waals surface area contributed by atoms with Gasteiger partial charge in [-0.05, 0) is 72.8 Å². The molecule has 2 saturated heterocycles. The minimum absolute atomic E-state index is 0.769. The Kier molecular flexibility index (Phi) is 12.9. The van der Waals surface area contributed by atoms with Crippen molar-refractivity contribution in [2.75, 3.05) is 33.2 Å². The number of hydrogen-bond donors (Lipinski definition) is 0. The number of hydrogen-bond acceptors (Lipinski definition) is 2. The molecule has 2 aliphatic heterocycles. The van der Waals surface area contributed by atoms with Crippen LogP contribution >= 0.6 is 0 Å². The molecule has 0 aliphatic carbocycles. The van der Waals surface area contributed by atoms with Crippen molar-refractivity contribution in [1.29, 1.82) is 0 Å². The van der Waals surface area contributed by atoms with Gasteiger partial charge in [-0.2, -0.15) is 0 Å². The first-order valence-electron chi connectivity index (χ1n) is 8.63. The van der Waals surface area contributed by atoms with Crippen LogP contribution in [0.15, 0.2) is 0 Å². The molecule has 0 spiro atoms. The smallest absolute Gasteiger partial charge is 0.00385 e. The third-order valence-corrected chi connectivity index (χ3v) is 3.95. The van der Waals surface area contributed by atoms with Gasteiger partial charge in [0.2, 0.25) is 0 Å². The second-order valence-corrected chi connectivity index (χ2v) is 5.91. The largest absolute Gasteiger partial charge is 0.306 e. The summed E-state index contributed by atoms with van der Waals surface area (Å²) in [4.78, 5) is 4.98. The van der Waals surface area contributed by atoms with Crippen molar-refractivity contribution in [2.45, 2.75) is 78.7 Å². The van der Waals surface area contributed by atoms with Crippen LogP contribution < -0.4 is 0 Å². The summed E-state index contributed by atoms with van der Waals surface area (Å²) >= 11 is 0. The first-order chi connectivity index (χ1) is 9.20. The van der Waals surface area contributed by atoms with Crippen molar-refractivity contribution in [3.05, 3.63) is 0 Å². The Morgan fingerprint density at radius 1 is 0.632 bits per heavy atom. The molecule has 0 bridgehead atoms. The molecule has 116 valence electrons. The molecular formula is C17H38N2. The first kappa shape index (κ1) is 18.9. The van der Waals surface area contributed by atoms with Gasteiger partial charge in [-0.1, -0.05) is 33.1 Å². The average Bonchev–Trinajstić information content (AvgIpc) is 2.70. The zero-order valence-electron chi connectivity index (χ0n) is 14.2. The molecule has 2 aliphatic rings. The Morgan fingerprint density at radius 3 is 1.37 bits per heavy atom. The minimum Gasteiger partial charge on any atom is -0.306 e. The third kappa shape index (κ3) is 10.4. The predicted octanol–water partition coefficient (Wildman–Crippen LogP) is 4.40. The highest BCUT2D eigenvalue weighted by molar-refractivity contribution is 4.67. The summed E-state index contributed by atoms with van der Waals surface area (Å²) in [5.41, 5.74) is 0. The minimum atomic E-state index is 0.769. The van der Waals surface area contributed by atoms with Gasteiger partial charge in [0.25, 0.3) is 0 Å². The molecule has 0 radical (unpaired) electrons. The molecular weight excluding hydrogens is 232 g/mol. The fourth-order valence-corrected chi connectivity index (χ4v) is 2.66. The van der Waals surface area contributed by atoms with Crippen LogP contribution in [0.1, 0.15) is 72.6 Å². The van der Waals surface area contributed by atoms with E-state index in [1.165, 1.54) is 71.1 Å². The Hall–Kier alpha value is -0.0800. The van der Waals surface area contributed by atoms with Crippen LogP contribution in [0.3, 0.4) is 0 Å². The summed E-state index contributed by atoms with van der Waals surface area (Å²) in [5.74, 6) is 0. The summed E-state index contributed by atoms with van der Waals surface area (Å²) < 4.78 is 0. The molecule has 19 heavy (non-hydrogen) atoms. The zero-order valence-corrected chi connectivity index (χ0v) is 14.2. The number of rotatable bonds is 1. The molecule has 0 aromatic rings. The Labute approximate surface area is 122 Å². The highest BCUT2D eigenvalue weighted by Gasteiger charge is 2.11. The van der Waals surface area contributed by atoms with Crippen molar-refractivity contribution in [2.24, 2.45) is 0 Å². The van der Waals surface area contributed by atoms with Crippen molar-refractivity contribution in [1.82, 2.24) is 9.80 Å².